The second kappa shape index (κ2) is 10.7. The van der Waals surface area contributed by atoms with Crippen LogP contribution in [0.3, 0.4) is 0 Å². The Labute approximate surface area is 203 Å². The van der Waals surface area contributed by atoms with Gasteiger partial charge in [-0.15, -0.1) is 0 Å². The lowest BCUT2D eigenvalue weighted by Gasteiger charge is -2.08. The third kappa shape index (κ3) is 5.75. The molecule has 190 valence electrons. The van der Waals surface area contributed by atoms with Gasteiger partial charge in [0.2, 0.25) is 0 Å². The van der Waals surface area contributed by atoms with E-state index in [-0.39, 0.29) is 17.2 Å². The predicted molar refractivity (Wildman–Crippen MR) is 127 cm³/mol. The van der Waals surface area contributed by atoms with Crippen LogP contribution in [0.2, 0.25) is 0 Å². The average molecular weight is 502 g/mol. The van der Waals surface area contributed by atoms with Gasteiger partial charge in [0.15, 0.2) is 5.82 Å². The maximum Gasteiger partial charge on any atom is 0.416 e. The molecule has 36 heavy (non-hydrogen) atoms. The first-order valence-electron chi connectivity index (χ1n) is 11.5. The van der Waals surface area contributed by atoms with Crippen molar-refractivity contribution in [3.05, 3.63) is 47.5 Å². The number of hydrogen-bond donors (Lipinski definition) is 4. The van der Waals surface area contributed by atoms with Crippen LogP contribution >= 0.6 is 0 Å². The number of amides is 2. The van der Waals surface area contributed by atoms with Crippen LogP contribution in [0.1, 0.15) is 42.1 Å². The van der Waals surface area contributed by atoms with Gasteiger partial charge < -0.3 is 20.4 Å². The van der Waals surface area contributed by atoms with E-state index in [1.54, 1.807) is 18.2 Å². The number of nitrogens with one attached hydrogen (secondary N) is 4. The van der Waals surface area contributed by atoms with Crippen molar-refractivity contribution in [2.75, 3.05) is 19.7 Å². The van der Waals surface area contributed by atoms with Gasteiger partial charge in [-0.1, -0.05) is 13.3 Å². The van der Waals surface area contributed by atoms with Gasteiger partial charge in [-0.05, 0) is 49.2 Å². The van der Waals surface area contributed by atoms with Crippen LogP contribution in [-0.4, -0.2) is 51.9 Å². The zero-order valence-electron chi connectivity index (χ0n) is 19.5. The number of halogens is 3. The molecule has 0 saturated heterocycles. The molecule has 4 aromatic rings. The number of unbranched alkanes of at least 4 members (excludes halogenated alkanes) is 1. The Morgan fingerprint density at radius 1 is 1.03 bits per heavy atom. The molecule has 0 saturated carbocycles. The van der Waals surface area contributed by atoms with Crippen molar-refractivity contribution in [1.29, 1.82) is 0 Å². The van der Waals surface area contributed by atoms with Gasteiger partial charge in [-0.2, -0.15) is 18.3 Å². The van der Waals surface area contributed by atoms with E-state index in [0.717, 1.165) is 25.0 Å². The summed E-state index contributed by atoms with van der Waals surface area (Å²) in [6.45, 7) is 3.08. The van der Waals surface area contributed by atoms with Crippen LogP contribution in [0.4, 0.5) is 18.0 Å². The molecule has 0 atom stereocenters. The molecule has 0 aliphatic rings. The van der Waals surface area contributed by atoms with E-state index in [1.807, 2.05) is 6.92 Å². The number of H-pyrrole nitrogens is 2. The summed E-state index contributed by atoms with van der Waals surface area (Å²) in [7, 11) is 0. The highest BCUT2D eigenvalue weighted by molar-refractivity contribution is 6.01. The zero-order valence-corrected chi connectivity index (χ0v) is 19.5. The van der Waals surface area contributed by atoms with Crippen LogP contribution in [0.15, 0.2) is 36.4 Å². The molecule has 12 heteroatoms. The van der Waals surface area contributed by atoms with Crippen LogP contribution in [0.5, 0.6) is 0 Å². The summed E-state index contributed by atoms with van der Waals surface area (Å²) < 4.78 is 44.1. The van der Waals surface area contributed by atoms with E-state index in [0.29, 0.717) is 53.8 Å². The van der Waals surface area contributed by atoms with Crippen LogP contribution < -0.4 is 10.6 Å². The molecule has 2 aromatic heterocycles. The number of aromatic nitrogens is 4. The Kier molecular flexibility index (Phi) is 7.41. The highest BCUT2D eigenvalue weighted by Crippen LogP contribution is 2.32. The lowest BCUT2D eigenvalue weighted by molar-refractivity contribution is -0.137. The molecule has 0 spiro atoms. The molecule has 4 N–H and O–H groups in total. The van der Waals surface area contributed by atoms with E-state index < -0.39 is 17.8 Å². The molecule has 0 aliphatic heterocycles. The summed E-state index contributed by atoms with van der Waals surface area (Å²) in [4.78, 5) is 31.4. The molecular formula is C24H25F3N6O3. The monoisotopic (exact) mass is 502 g/mol. The fraction of sp³-hybridized carbons (Fsp3) is 0.333. The van der Waals surface area contributed by atoms with Crippen molar-refractivity contribution in [3.8, 4) is 11.5 Å². The summed E-state index contributed by atoms with van der Waals surface area (Å²) in [5, 5.41) is 13.1. The lowest BCUT2D eigenvalue weighted by Crippen LogP contribution is -2.30. The number of ether oxygens (including phenoxy) is 1. The van der Waals surface area contributed by atoms with Crippen LogP contribution in [-0.2, 0) is 10.9 Å². The molecule has 4 rings (SSSR count). The van der Waals surface area contributed by atoms with Crippen molar-refractivity contribution in [3.63, 3.8) is 0 Å². The maximum atomic E-state index is 13.0. The highest BCUT2D eigenvalue weighted by Gasteiger charge is 2.30. The Morgan fingerprint density at radius 3 is 2.61 bits per heavy atom. The fourth-order valence-electron chi connectivity index (χ4n) is 3.58. The van der Waals surface area contributed by atoms with Gasteiger partial charge in [0.1, 0.15) is 5.69 Å². The third-order valence-electron chi connectivity index (χ3n) is 5.50. The standard InChI is InChI=1S/C24H25F3N6O3/c1-2-3-11-36-23(35)29-10-4-9-28-22(34)14-5-7-17-16(12-14)20(33-32-17)21-30-18-8-6-15(24(25,26)27)13-19(18)31-21/h5-8,12-13H,2-4,9-11H2,1H3,(H,28,34)(H,29,35)(H,30,31)(H,32,33). The number of alkyl carbamates (subject to hydrolysis) is 1. The van der Waals surface area contributed by atoms with Crippen molar-refractivity contribution in [2.24, 2.45) is 0 Å². The fourth-order valence-corrected chi connectivity index (χ4v) is 3.58. The zero-order chi connectivity index (χ0) is 25.7. The average Bonchev–Trinajstić information content (AvgIpc) is 3.46. The number of rotatable bonds is 9. The van der Waals surface area contributed by atoms with Gasteiger partial charge >= 0.3 is 12.3 Å². The Balaban J connectivity index is 1.41. The summed E-state index contributed by atoms with van der Waals surface area (Å²) in [6.07, 6.45) is -2.68. The number of carbonyl (C=O) groups excluding carboxylic acids is 2. The molecule has 0 fully saturated rings. The summed E-state index contributed by atoms with van der Waals surface area (Å²) in [5.74, 6) is -0.0287. The number of alkyl halides is 3. The minimum Gasteiger partial charge on any atom is -0.450 e. The minimum atomic E-state index is -4.46. The number of benzene rings is 2. The van der Waals surface area contributed by atoms with Crippen molar-refractivity contribution in [1.82, 2.24) is 30.8 Å². The number of fused-ring (bicyclic) bond motifs is 2. The number of carbonyl (C=O) groups is 2. The molecule has 0 bridgehead atoms. The molecule has 0 radical (unpaired) electrons. The second-order valence-electron chi connectivity index (χ2n) is 8.17. The Bertz CT molecular complexity index is 1380. The first kappa shape index (κ1) is 25.0. The number of imidazole rings is 1. The molecular weight excluding hydrogens is 477 g/mol. The summed E-state index contributed by atoms with van der Waals surface area (Å²) in [5.41, 5.74) is 1.23. The second-order valence-corrected chi connectivity index (χ2v) is 8.17. The van der Waals surface area contributed by atoms with Gasteiger partial charge in [0.05, 0.1) is 28.7 Å². The van der Waals surface area contributed by atoms with E-state index in [9.17, 15) is 22.8 Å². The van der Waals surface area contributed by atoms with Crippen molar-refractivity contribution >= 4 is 33.9 Å². The largest absolute Gasteiger partial charge is 0.450 e. The van der Waals surface area contributed by atoms with Crippen LogP contribution in [0, 0.1) is 0 Å². The third-order valence-corrected chi connectivity index (χ3v) is 5.50. The molecule has 2 amide bonds. The van der Waals surface area contributed by atoms with Gasteiger partial charge in [-0.3, -0.25) is 9.89 Å². The number of hydrogen-bond acceptors (Lipinski definition) is 5. The molecule has 0 aliphatic carbocycles. The first-order chi connectivity index (χ1) is 17.3. The molecule has 9 nitrogen and oxygen atoms in total. The van der Waals surface area contributed by atoms with E-state index >= 15 is 0 Å². The van der Waals surface area contributed by atoms with Crippen LogP contribution in [0.25, 0.3) is 33.5 Å². The smallest absolute Gasteiger partial charge is 0.416 e. The summed E-state index contributed by atoms with van der Waals surface area (Å²) in [6, 6.07) is 8.24. The van der Waals surface area contributed by atoms with E-state index in [4.69, 9.17) is 4.74 Å². The Morgan fingerprint density at radius 2 is 1.83 bits per heavy atom. The molecule has 0 unspecified atom stereocenters. The molecule has 2 aromatic carbocycles. The number of nitrogens with zero attached hydrogens (tertiary/aromatic N) is 2. The Hall–Kier alpha value is -4.09. The topological polar surface area (TPSA) is 125 Å². The van der Waals surface area contributed by atoms with E-state index in [2.05, 4.69) is 30.8 Å². The van der Waals surface area contributed by atoms with Crippen molar-refractivity contribution < 1.29 is 27.5 Å². The van der Waals surface area contributed by atoms with Crippen molar-refractivity contribution in [2.45, 2.75) is 32.4 Å². The van der Waals surface area contributed by atoms with Gasteiger partial charge in [-0.25, -0.2) is 9.78 Å². The molecule has 2 heterocycles. The maximum absolute atomic E-state index is 13.0. The first-order valence-corrected chi connectivity index (χ1v) is 11.5. The lowest BCUT2D eigenvalue weighted by atomic mass is 10.1. The van der Waals surface area contributed by atoms with Gasteiger partial charge in [0.25, 0.3) is 5.91 Å². The SMILES string of the molecule is CCCCOC(=O)NCCCNC(=O)c1ccc2[nH]nc(-c3nc4ccc(C(F)(F)F)cc4[nH]3)c2c1. The van der Waals surface area contributed by atoms with E-state index in [1.165, 1.54) is 6.07 Å². The quantitative estimate of drug-likeness (QED) is 0.245. The normalized spacial score (nSPS) is 11.7. The highest BCUT2D eigenvalue weighted by atomic mass is 19.4. The predicted octanol–water partition coefficient (Wildman–Crippen LogP) is 4.77. The number of aromatic amines is 2. The van der Waals surface area contributed by atoms with Gasteiger partial charge in [0, 0.05) is 24.0 Å². The summed E-state index contributed by atoms with van der Waals surface area (Å²) >= 11 is 0. The minimum absolute atomic E-state index is 0.229.